The summed E-state index contributed by atoms with van der Waals surface area (Å²) in [7, 11) is 3.75. The van der Waals surface area contributed by atoms with Gasteiger partial charge in [-0.1, -0.05) is 109 Å². The van der Waals surface area contributed by atoms with Gasteiger partial charge in [-0.3, -0.25) is 0 Å². The lowest BCUT2D eigenvalue weighted by Crippen LogP contribution is -2.05. The van der Waals surface area contributed by atoms with Crippen molar-refractivity contribution < 1.29 is 0 Å². The lowest BCUT2D eigenvalue weighted by Gasteiger charge is -2.04. The zero-order chi connectivity index (χ0) is 18.8. The highest BCUT2D eigenvalue weighted by Crippen LogP contribution is 2.13. The van der Waals surface area contributed by atoms with E-state index in [1.807, 2.05) is 20.3 Å². The van der Waals surface area contributed by atoms with E-state index in [9.17, 15) is 0 Å². The lowest BCUT2D eigenvalue weighted by atomic mass is 10.0. The number of hydrogen-bond acceptors (Lipinski definition) is 2. The first-order valence-electron chi connectivity index (χ1n) is 11.3. The molecule has 0 aromatic rings. The first-order valence-corrected chi connectivity index (χ1v) is 11.3. The van der Waals surface area contributed by atoms with E-state index in [4.69, 9.17) is 0 Å². The summed E-state index contributed by atoms with van der Waals surface area (Å²) >= 11 is 0. The first kappa shape index (κ1) is 26.7. The smallest absolute Gasteiger partial charge is 0.0141 e. The Hall–Kier alpha value is -0.500. The van der Waals surface area contributed by atoms with E-state index in [-0.39, 0.29) is 0 Å². The minimum atomic E-state index is 1.14. The number of unbranched alkanes of at least 4 members (excludes halogenated alkanes) is 15. The normalized spacial score (nSPS) is 10.7. The Morgan fingerprint density at radius 3 is 1.20 bits per heavy atom. The maximum atomic E-state index is 3.30. The van der Waals surface area contributed by atoms with Gasteiger partial charge in [0.05, 0.1) is 0 Å². The zero-order valence-electron chi connectivity index (χ0n) is 18.2. The molecule has 0 aliphatic rings. The van der Waals surface area contributed by atoms with Gasteiger partial charge in [-0.15, -0.1) is 0 Å². The summed E-state index contributed by atoms with van der Waals surface area (Å²) in [5.41, 5.74) is 0. The Kier molecular flexibility index (Phi) is 30.3. The van der Waals surface area contributed by atoms with E-state index in [1.165, 1.54) is 103 Å². The molecular formula is C23H50N2. The largest absolute Gasteiger partial charge is 0.391 e. The molecule has 0 aromatic carbocycles. The molecule has 0 bridgehead atoms. The van der Waals surface area contributed by atoms with Crippen LogP contribution in [0.1, 0.15) is 117 Å². The van der Waals surface area contributed by atoms with Crippen LogP contribution in [-0.2, 0) is 0 Å². The molecular weight excluding hydrogens is 304 g/mol. The van der Waals surface area contributed by atoms with Crippen LogP contribution in [0.4, 0.5) is 0 Å². The van der Waals surface area contributed by atoms with Gasteiger partial charge in [-0.05, 0) is 33.6 Å². The van der Waals surface area contributed by atoms with Gasteiger partial charge in [-0.25, -0.2) is 0 Å². The molecule has 0 aliphatic heterocycles. The van der Waals surface area contributed by atoms with Crippen LogP contribution in [0, 0.1) is 0 Å². The standard InChI is InChI=1S/C21H43N.C2H7N/c1-3-5-6-7-8-9-10-11-12-13-14-15-16-17-18-19-21-22-20-4-2;1-3-2/h4,20,22H,3,5-19,21H2,1-2H3;3H,1-2H3. The quantitative estimate of drug-likeness (QED) is 0.254. The number of allylic oxidation sites excluding steroid dienone is 1. The molecule has 0 amide bonds. The highest BCUT2D eigenvalue weighted by Gasteiger charge is 1.94. The van der Waals surface area contributed by atoms with Crippen molar-refractivity contribution in [2.75, 3.05) is 20.6 Å². The molecule has 2 nitrogen and oxygen atoms in total. The summed E-state index contributed by atoms with van der Waals surface area (Å²) < 4.78 is 0. The second kappa shape index (κ2) is 28.3. The fourth-order valence-corrected chi connectivity index (χ4v) is 2.98. The summed E-state index contributed by atoms with van der Waals surface area (Å²) in [6, 6.07) is 0. The monoisotopic (exact) mass is 354 g/mol. The Balaban J connectivity index is 0. The lowest BCUT2D eigenvalue weighted by molar-refractivity contribution is 0.528. The number of nitrogens with one attached hydrogen (secondary N) is 2. The average Bonchev–Trinajstić information content (AvgIpc) is 2.61. The summed E-state index contributed by atoms with van der Waals surface area (Å²) in [4.78, 5) is 0. The molecule has 0 atom stereocenters. The Bertz CT molecular complexity index is 226. The molecule has 0 radical (unpaired) electrons. The van der Waals surface area contributed by atoms with E-state index >= 15 is 0 Å². The maximum absolute atomic E-state index is 3.30. The topological polar surface area (TPSA) is 24.1 Å². The maximum Gasteiger partial charge on any atom is 0.0141 e. The predicted molar refractivity (Wildman–Crippen MR) is 117 cm³/mol. The average molecular weight is 355 g/mol. The van der Waals surface area contributed by atoms with Gasteiger partial charge in [0.25, 0.3) is 0 Å². The van der Waals surface area contributed by atoms with Crippen molar-refractivity contribution in [3.05, 3.63) is 12.3 Å². The molecule has 152 valence electrons. The number of rotatable bonds is 18. The molecule has 2 heteroatoms. The minimum Gasteiger partial charge on any atom is -0.391 e. The van der Waals surface area contributed by atoms with E-state index in [1.54, 1.807) is 0 Å². The van der Waals surface area contributed by atoms with Gasteiger partial charge in [0.2, 0.25) is 0 Å². The van der Waals surface area contributed by atoms with Crippen molar-refractivity contribution in [1.29, 1.82) is 0 Å². The molecule has 0 aromatic heterocycles. The highest BCUT2D eigenvalue weighted by molar-refractivity contribution is 4.73. The molecule has 0 aliphatic carbocycles. The van der Waals surface area contributed by atoms with Crippen molar-refractivity contribution in [1.82, 2.24) is 10.6 Å². The summed E-state index contributed by atoms with van der Waals surface area (Å²) in [5, 5.41) is 6.05. The predicted octanol–water partition coefficient (Wildman–Crippen LogP) is 7.21. The van der Waals surface area contributed by atoms with Gasteiger partial charge < -0.3 is 10.6 Å². The van der Waals surface area contributed by atoms with Gasteiger partial charge in [0, 0.05) is 6.54 Å². The SMILES string of the molecule is CC=CNCCCCCCCCCCCCCCCCCC.CNC. The van der Waals surface area contributed by atoms with Crippen molar-refractivity contribution >= 4 is 0 Å². The minimum absolute atomic E-state index is 1.14. The molecule has 25 heavy (non-hydrogen) atoms. The van der Waals surface area contributed by atoms with Crippen molar-refractivity contribution in [3.8, 4) is 0 Å². The Morgan fingerprint density at radius 1 is 0.560 bits per heavy atom. The fourth-order valence-electron chi connectivity index (χ4n) is 2.98. The van der Waals surface area contributed by atoms with E-state index < -0.39 is 0 Å². The van der Waals surface area contributed by atoms with E-state index in [0.717, 1.165) is 6.54 Å². The highest BCUT2D eigenvalue weighted by atomic mass is 14.8. The Morgan fingerprint density at radius 2 is 0.880 bits per heavy atom. The van der Waals surface area contributed by atoms with Crippen LogP contribution in [0.15, 0.2) is 12.3 Å². The van der Waals surface area contributed by atoms with Crippen molar-refractivity contribution in [3.63, 3.8) is 0 Å². The van der Waals surface area contributed by atoms with Gasteiger partial charge >= 0.3 is 0 Å². The third-order valence-electron chi connectivity index (χ3n) is 4.46. The van der Waals surface area contributed by atoms with Crippen molar-refractivity contribution in [2.24, 2.45) is 0 Å². The number of hydrogen-bond donors (Lipinski definition) is 2. The summed E-state index contributed by atoms with van der Waals surface area (Å²) in [5.74, 6) is 0. The van der Waals surface area contributed by atoms with Crippen molar-refractivity contribution in [2.45, 2.75) is 117 Å². The molecule has 0 fully saturated rings. The zero-order valence-corrected chi connectivity index (χ0v) is 18.2. The van der Waals surface area contributed by atoms with Crippen LogP contribution in [0.5, 0.6) is 0 Å². The van der Waals surface area contributed by atoms with E-state index in [0.29, 0.717) is 0 Å². The van der Waals surface area contributed by atoms with E-state index in [2.05, 4.69) is 30.6 Å². The molecule has 0 saturated heterocycles. The molecule has 0 heterocycles. The second-order valence-electron chi connectivity index (χ2n) is 7.26. The van der Waals surface area contributed by atoms with Crippen LogP contribution < -0.4 is 10.6 Å². The molecule has 2 N–H and O–H groups in total. The van der Waals surface area contributed by atoms with Crippen LogP contribution in [0.2, 0.25) is 0 Å². The van der Waals surface area contributed by atoms with Crippen LogP contribution in [0.3, 0.4) is 0 Å². The second-order valence-corrected chi connectivity index (χ2v) is 7.26. The summed E-state index contributed by atoms with van der Waals surface area (Å²) in [6.45, 7) is 5.49. The van der Waals surface area contributed by atoms with Gasteiger partial charge in [0.15, 0.2) is 0 Å². The first-order chi connectivity index (χ1) is 12.3. The third kappa shape index (κ3) is 31.7. The van der Waals surface area contributed by atoms with Crippen LogP contribution in [-0.4, -0.2) is 20.6 Å². The van der Waals surface area contributed by atoms with Crippen LogP contribution >= 0.6 is 0 Å². The third-order valence-corrected chi connectivity index (χ3v) is 4.46. The van der Waals surface area contributed by atoms with Gasteiger partial charge in [-0.2, -0.15) is 0 Å². The van der Waals surface area contributed by atoms with Gasteiger partial charge in [0.1, 0.15) is 0 Å². The van der Waals surface area contributed by atoms with Crippen LogP contribution in [0.25, 0.3) is 0 Å². The summed E-state index contributed by atoms with van der Waals surface area (Å²) in [6.07, 6.45) is 27.2. The molecule has 0 spiro atoms. The molecule has 0 unspecified atom stereocenters. The Labute approximate surface area is 160 Å². The molecule has 0 rings (SSSR count). The molecule has 0 saturated carbocycles. The fraction of sp³-hybridized carbons (Fsp3) is 0.913.